The molecule has 1 aromatic carbocycles. The first-order valence-corrected chi connectivity index (χ1v) is 8.50. The molecular formula is C14H23N3O2S. The number of hydrogen-bond acceptors (Lipinski definition) is 4. The zero-order valence-electron chi connectivity index (χ0n) is 12.0. The van der Waals surface area contributed by atoms with E-state index in [1.54, 1.807) is 12.1 Å². The van der Waals surface area contributed by atoms with Crippen molar-refractivity contribution in [1.29, 1.82) is 0 Å². The molecule has 0 spiro atoms. The smallest absolute Gasteiger partial charge is 0.238 e. The second-order valence-electron chi connectivity index (χ2n) is 5.64. The van der Waals surface area contributed by atoms with E-state index in [0.717, 1.165) is 31.6 Å². The van der Waals surface area contributed by atoms with Gasteiger partial charge in [0.05, 0.1) is 4.90 Å². The molecule has 1 unspecified atom stereocenters. The van der Waals surface area contributed by atoms with Crippen LogP contribution in [0, 0.1) is 0 Å². The van der Waals surface area contributed by atoms with Crippen LogP contribution in [-0.2, 0) is 16.6 Å². The van der Waals surface area contributed by atoms with Gasteiger partial charge >= 0.3 is 0 Å². The molecule has 0 radical (unpaired) electrons. The SMILES string of the molecule is CC(C)N1CCC(NCc2ccc(S(N)(=O)=O)cc2)C1. The van der Waals surface area contributed by atoms with Crippen molar-refractivity contribution in [3.63, 3.8) is 0 Å². The summed E-state index contributed by atoms with van der Waals surface area (Å²) in [6, 6.07) is 7.83. The summed E-state index contributed by atoms with van der Waals surface area (Å²) in [7, 11) is -3.59. The van der Waals surface area contributed by atoms with Gasteiger partial charge in [0.2, 0.25) is 10.0 Å². The molecule has 0 saturated carbocycles. The van der Waals surface area contributed by atoms with E-state index in [2.05, 4.69) is 24.1 Å². The van der Waals surface area contributed by atoms with Gasteiger partial charge in [-0.05, 0) is 44.5 Å². The van der Waals surface area contributed by atoms with E-state index < -0.39 is 10.0 Å². The van der Waals surface area contributed by atoms with Crippen molar-refractivity contribution in [2.45, 2.75) is 43.8 Å². The van der Waals surface area contributed by atoms with Gasteiger partial charge in [-0.3, -0.25) is 4.90 Å². The highest BCUT2D eigenvalue weighted by Crippen LogP contribution is 2.14. The van der Waals surface area contributed by atoms with Crippen molar-refractivity contribution >= 4 is 10.0 Å². The van der Waals surface area contributed by atoms with E-state index in [9.17, 15) is 8.42 Å². The number of primary sulfonamides is 1. The molecule has 1 aromatic rings. The summed E-state index contributed by atoms with van der Waals surface area (Å²) in [5.74, 6) is 0. The van der Waals surface area contributed by atoms with Crippen LogP contribution in [0.3, 0.4) is 0 Å². The standard InChI is InChI=1S/C14H23N3O2S/c1-11(2)17-8-7-13(10-17)16-9-12-3-5-14(6-4-12)20(15,18)19/h3-6,11,13,16H,7-10H2,1-2H3,(H2,15,18,19). The van der Waals surface area contributed by atoms with E-state index in [1.165, 1.54) is 0 Å². The number of hydrogen-bond donors (Lipinski definition) is 2. The fraction of sp³-hybridized carbons (Fsp3) is 0.571. The Morgan fingerprint density at radius 3 is 2.50 bits per heavy atom. The van der Waals surface area contributed by atoms with Crippen LogP contribution in [0.5, 0.6) is 0 Å². The van der Waals surface area contributed by atoms with Gasteiger partial charge in [-0.1, -0.05) is 12.1 Å². The van der Waals surface area contributed by atoms with Crippen LogP contribution in [0.4, 0.5) is 0 Å². The minimum Gasteiger partial charge on any atom is -0.309 e. The molecule has 0 aromatic heterocycles. The van der Waals surface area contributed by atoms with E-state index in [-0.39, 0.29) is 4.90 Å². The van der Waals surface area contributed by atoms with Crippen molar-refractivity contribution in [2.75, 3.05) is 13.1 Å². The molecule has 1 aliphatic rings. The lowest BCUT2D eigenvalue weighted by atomic mass is 10.2. The predicted octanol–water partition coefficient (Wildman–Crippen LogP) is 0.906. The van der Waals surface area contributed by atoms with Gasteiger partial charge in [0, 0.05) is 25.2 Å². The van der Waals surface area contributed by atoms with Crippen molar-refractivity contribution in [3.8, 4) is 0 Å². The zero-order valence-corrected chi connectivity index (χ0v) is 12.9. The van der Waals surface area contributed by atoms with Crippen LogP contribution in [0.2, 0.25) is 0 Å². The molecule has 0 bridgehead atoms. The highest BCUT2D eigenvalue weighted by atomic mass is 32.2. The Morgan fingerprint density at radius 1 is 1.35 bits per heavy atom. The van der Waals surface area contributed by atoms with Crippen molar-refractivity contribution in [3.05, 3.63) is 29.8 Å². The molecule has 1 saturated heterocycles. The molecule has 1 aliphatic heterocycles. The van der Waals surface area contributed by atoms with Crippen LogP contribution in [0.15, 0.2) is 29.2 Å². The summed E-state index contributed by atoms with van der Waals surface area (Å²) in [4.78, 5) is 2.62. The molecular weight excluding hydrogens is 274 g/mol. The van der Waals surface area contributed by atoms with Gasteiger partial charge in [-0.15, -0.1) is 0 Å². The largest absolute Gasteiger partial charge is 0.309 e. The maximum atomic E-state index is 11.2. The Morgan fingerprint density at radius 2 is 2.00 bits per heavy atom. The van der Waals surface area contributed by atoms with Crippen molar-refractivity contribution in [2.24, 2.45) is 5.14 Å². The molecule has 112 valence electrons. The number of nitrogens with two attached hydrogens (primary N) is 1. The Balaban J connectivity index is 1.86. The molecule has 3 N–H and O–H groups in total. The summed E-state index contributed by atoms with van der Waals surface area (Å²) >= 11 is 0. The highest BCUT2D eigenvalue weighted by molar-refractivity contribution is 7.89. The second-order valence-corrected chi connectivity index (χ2v) is 7.21. The minimum absolute atomic E-state index is 0.160. The molecule has 0 amide bonds. The monoisotopic (exact) mass is 297 g/mol. The maximum Gasteiger partial charge on any atom is 0.238 e. The lowest BCUT2D eigenvalue weighted by Gasteiger charge is -2.20. The first kappa shape index (κ1) is 15.4. The molecule has 1 fully saturated rings. The van der Waals surface area contributed by atoms with Gasteiger partial charge in [0.15, 0.2) is 0 Å². The Hall–Kier alpha value is -0.950. The van der Waals surface area contributed by atoms with E-state index >= 15 is 0 Å². The summed E-state index contributed by atoms with van der Waals surface area (Å²) in [5.41, 5.74) is 1.07. The van der Waals surface area contributed by atoms with Crippen LogP contribution < -0.4 is 10.5 Å². The summed E-state index contributed by atoms with van der Waals surface area (Å²) in [6.07, 6.45) is 1.16. The molecule has 1 atom stereocenters. The fourth-order valence-corrected chi connectivity index (χ4v) is 3.00. The van der Waals surface area contributed by atoms with E-state index in [1.807, 2.05) is 12.1 Å². The van der Waals surface area contributed by atoms with Crippen molar-refractivity contribution in [1.82, 2.24) is 10.2 Å². The quantitative estimate of drug-likeness (QED) is 0.847. The summed E-state index contributed by atoms with van der Waals surface area (Å²) in [6.45, 7) is 7.40. The fourth-order valence-electron chi connectivity index (χ4n) is 2.48. The highest BCUT2D eigenvalue weighted by Gasteiger charge is 2.23. The molecule has 1 heterocycles. The molecule has 5 nitrogen and oxygen atoms in total. The van der Waals surface area contributed by atoms with Crippen LogP contribution in [-0.4, -0.2) is 38.5 Å². The lowest BCUT2D eigenvalue weighted by Crippen LogP contribution is -2.34. The van der Waals surface area contributed by atoms with Gasteiger partial charge in [-0.2, -0.15) is 0 Å². The van der Waals surface area contributed by atoms with E-state index in [4.69, 9.17) is 5.14 Å². The maximum absolute atomic E-state index is 11.2. The molecule has 20 heavy (non-hydrogen) atoms. The molecule has 2 rings (SSSR count). The van der Waals surface area contributed by atoms with E-state index in [0.29, 0.717) is 12.1 Å². The molecule has 0 aliphatic carbocycles. The predicted molar refractivity (Wildman–Crippen MR) is 79.8 cm³/mol. The number of likely N-dealkylation sites (tertiary alicyclic amines) is 1. The van der Waals surface area contributed by atoms with Gasteiger partial charge < -0.3 is 5.32 Å². The number of rotatable bonds is 5. The van der Waals surface area contributed by atoms with Gasteiger partial charge in [-0.25, -0.2) is 13.6 Å². The average Bonchev–Trinajstić information content (AvgIpc) is 2.85. The second kappa shape index (κ2) is 6.22. The molecule has 6 heteroatoms. The van der Waals surface area contributed by atoms with Crippen LogP contribution >= 0.6 is 0 Å². The van der Waals surface area contributed by atoms with Gasteiger partial charge in [0.25, 0.3) is 0 Å². The number of nitrogens with zero attached hydrogens (tertiary/aromatic N) is 1. The topological polar surface area (TPSA) is 75.4 Å². The third-order valence-electron chi connectivity index (χ3n) is 3.80. The Bertz CT molecular complexity index is 540. The minimum atomic E-state index is -3.59. The summed E-state index contributed by atoms with van der Waals surface area (Å²) in [5, 5.41) is 8.59. The summed E-state index contributed by atoms with van der Waals surface area (Å²) < 4.78 is 22.3. The first-order chi connectivity index (χ1) is 9.36. The average molecular weight is 297 g/mol. The Labute approximate surface area is 121 Å². The lowest BCUT2D eigenvalue weighted by molar-refractivity contribution is 0.268. The Kier molecular flexibility index (Phi) is 4.80. The third-order valence-corrected chi connectivity index (χ3v) is 4.73. The van der Waals surface area contributed by atoms with Crippen LogP contribution in [0.25, 0.3) is 0 Å². The number of nitrogens with one attached hydrogen (secondary N) is 1. The third kappa shape index (κ3) is 4.02. The van der Waals surface area contributed by atoms with Crippen molar-refractivity contribution < 1.29 is 8.42 Å². The number of benzene rings is 1. The first-order valence-electron chi connectivity index (χ1n) is 6.95. The number of sulfonamides is 1. The normalized spacial score (nSPS) is 20.7. The van der Waals surface area contributed by atoms with Crippen LogP contribution in [0.1, 0.15) is 25.8 Å². The van der Waals surface area contributed by atoms with Gasteiger partial charge in [0.1, 0.15) is 0 Å². The zero-order chi connectivity index (χ0) is 14.8.